The lowest BCUT2D eigenvalue weighted by atomic mass is 10.1. The molecule has 5 heteroatoms. The fraction of sp³-hybridized carbons (Fsp3) is 0.800. The number of aliphatic carboxylic acids is 1. The third-order valence-corrected chi connectivity index (χ3v) is 1.49. The molecule has 0 saturated heterocycles. The molecule has 0 bridgehead atoms. The molecule has 0 saturated carbocycles. The van der Waals surface area contributed by atoms with E-state index in [-0.39, 0.29) is 0 Å². The molecule has 0 rings (SSSR count). The van der Waals surface area contributed by atoms with Crippen LogP contribution in [0, 0.1) is 5.89 Å². The molecule has 88 valence electrons. The van der Waals surface area contributed by atoms with Crippen LogP contribution >= 0.6 is 0 Å². The van der Waals surface area contributed by atoms with Crippen molar-refractivity contribution >= 4 is 12.1 Å². The molecule has 0 aromatic carbocycles. The maximum atomic E-state index is 11.3. The molecule has 0 fully saturated rings. The SMILES string of the molecule is [2H]C(C)(C)[C@H](NC(=O)OC(C)(C)C)C(=O)O. The van der Waals surface area contributed by atoms with Crippen LogP contribution in [0.2, 0.25) is 0 Å². The van der Waals surface area contributed by atoms with Gasteiger partial charge in [-0.1, -0.05) is 13.8 Å². The zero-order valence-corrected chi connectivity index (χ0v) is 9.75. The van der Waals surface area contributed by atoms with E-state index in [1.807, 2.05) is 0 Å². The van der Waals surface area contributed by atoms with Crippen LogP contribution in [0.4, 0.5) is 4.79 Å². The van der Waals surface area contributed by atoms with Gasteiger partial charge in [0.15, 0.2) is 0 Å². The number of ether oxygens (including phenoxy) is 1. The van der Waals surface area contributed by atoms with Crippen LogP contribution in [-0.2, 0) is 9.53 Å². The lowest BCUT2D eigenvalue weighted by Gasteiger charge is -2.23. The van der Waals surface area contributed by atoms with E-state index >= 15 is 0 Å². The summed E-state index contributed by atoms with van der Waals surface area (Å²) in [7, 11) is 0. The lowest BCUT2D eigenvalue weighted by Crippen LogP contribution is -2.46. The van der Waals surface area contributed by atoms with Gasteiger partial charge < -0.3 is 15.2 Å². The predicted octanol–water partition coefficient (Wildman–Crippen LogP) is 1.62. The second kappa shape index (κ2) is 5.00. The molecule has 2 N–H and O–H groups in total. The summed E-state index contributed by atoms with van der Waals surface area (Å²) in [5.74, 6) is -2.58. The largest absolute Gasteiger partial charge is 0.480 e. The first-order chi connectivity index (χ1) is 6.93. The maximum absolute atomic E-state index is 11.3. The number of carbonyl (C=O) groups excluding carboxylic acids is 1. The lowest BCUT2D eigenvalue weighted by molar-refractivity contribution is -0.140. The van der Waals surface area contributed by atoms with Gasteiger partial charge in [-0.25, -0.2) is 9.59 Å². The Kier molecular flexibility index (Phi) is 3.94. The fourth-order valence-electron chi connectivity index (χ4n) is 0.878. The monoisotopic (exact) mass is 218 g/mol. The minimum absolute atomic E-state index is 0.695. The van der Waals surface area contributed by atoms with Gasteiger partial charge in [0.2, 0.25) is 0 Å². The average molecular weight is 218 g/mol. The van der Waals surface area contributed by atoms with Gasteiger partial charge in [0, 0.05) is 1.37 Å². The Morgan fingerprint density at radius 3 is 2.13 bits per heavy atom. The summed E-state index contributed by atoms with van der Waals surface area (Å²) in [6, 6.07) is -1.30. The van der Waals surface area contributed by atoms with E-state index < -0.39 is 29.6 Å². The van der Waals surface area contributed by atoms with Crippen LogP contribution in [0.25, 0.3) is 0 Å². The number of carbonyl (C=O) groups is 2. The number of hydrogen-bond donors (Lipinski definition) is 2. The van der Waals surface area contributed by atoms with Gasteiger partial charge in [-0.2, -0.15) is 0 Å². The fourth-order valence-corrected chi connectivity index (χ4v) is 0.878. The second-order valence-electron chi connectivity index (χ2n) is 4.49. The second-order valence-corrected chi connectivity index (χ2v) is 4.49. The molecule has 0 aromatic rings. The molecule has 0 radical (unpaired) electrons. The molecular formula is C10H19NO4. The van der Waals surface area contributed by atoms with Gasteiger partial charge >= 0.3 is 12.1 Å². The Balaban J connectivity index is 4.56. The van der Waals surface area contributed by atoms with E-state index in [2.05, 4.69) is 5.32 Å². The normalized spacial score (nSPS) is 15.1. The van der Waals surface area contributed by atoms with Crippen LogP contribution in [0.5, 0.6) is 0 Å². The van der Waals surface area contributed by atoms with Gasteiger partial charge in [-0.05, 0) is 26.7 Å². The highest BCUT2D eigenvalue weighted by Crippen LogP contribution is 2.08. The Hall–Kier alpha value is -1.26. The molecule has 1 amide bonds. The van der Waals surface area contributed by atoms with Crippen molar-refractivity contribution in [2.75, 3.05) is 0 Å². The standard InChI is InChI=1S/C10H19NO4/c1-6(2)7(8(12)13)11-9(14)15-10(3,4)5/h6-7H,1-5H3,(H,11,14)(H,12,13)/t7-/m0/s1/i6D. The van der Waals surface area contributed by atoms with E-state index in [1.165, 1.54) is 13.8 Å². The first-order valence-electron chi connectivity index (χ1n) is 5.16. The van der Waals surface area contributed by atoms with Crippen LogP contribution in [0.15, 0.2) is 0 Å². The highest BCUT2D eigenvalue weighted by atomic mass is 16.6. The molecule has 1 atom stereocenters. The quantitative estimate of drug-likeness (QED) is 0.754. The Morgan fingerprint density at radius 1 is 1.40 bits per heavy atom. The number of amides is 1. The Labute approximate surface area is 91.2 Å². The number of nitrogens with one attached hydrogen (secondary N) is 1. The molecule has 0 aliphatic carbocycles. The van der Waals surface area contributed by atoms with Crippen molar-refractivity contribution in [1.29, 1.82) is 0 Å². The van der Waals surface area contributed by atoms with Crippen molar-refractivity contribution in [2.45, 2.75) is 46.3 Å². The molecular weight excluding hydrogens is 198 g/mol. The summed E-state index contributed by atoms with van der Waals surface area (Å²) in [6.07, 6.45) is -0.833. The minimum atomic E-state index is -1.32. The highest BCUT2D eigenvalue weighted by Gasteiger charge is 2.26. The topological polar surface area (TPSA) is 75.6 Å². The molecule has 0 spiro atoms. The molecule has 0 aromatic heterocycles. The van der Waals surface area contributed by atoms with Gasteiger partial charge in [0.25, 0.3) is 0 Å². The third-order valence-electron chi connectivity index (χ3n) is 1.49. The van der Waals surface area contributed by atoms with Crippen LogP contribution in [0.1, 0.15) is 36.0 Å². The van der Waals surface area contributed by atoms with Crippen molar-refractivity contribution < 1.29 is 20.8 Å². The number of carboxylic acid groups (broad SMARTS) is 1. The number of carboxylic acids is 1. The number of hydrogen-bond acceptors (Lipinski definition) is 3. The summed E-state index contributed by atoms with van der Waals surface area (Å²) >= 11 is 0. The number of rotatable bonds is 3. The zero-order chi connectivity index (χ0) is 13.1. The molecule has 0 unspecified atom stereocenters. The van der Waals surface area contributed by atoms with Crippen molar-refractivity contribution in [3.8, 4) is 0 Å². The molecule has 0 aliphatic heterocycles. The summed E-state index contributed by atoms with van der Waals surface area (Å²) in [5, 5.41) is 11.0. The number of alkyl carbamates (subject to hydrolysis) is 1. The van der Waals surface area contributed by atoms with Gasteiger partial charge in [0.05, 0.1) is 0 Å². The predicted molar refractivity (Wildman–Crippen MR) is 55.6 cm³/mol. The Bertz CT molecular complexity index is 278. The van der Waals surface area contributed by atoms with E-state index in [1.54, 1.807) is 20.8 Å². The Morgan fingerprint density at radius 2 is 1.87 bits per heavy atom. The highest BCUT2D eigenvalue weighted by molar-refractivity contribution is 5.80. The summed E-state index contributed by atoms with van der Waals surface area (Å²) < 4.78 is 12.5. The molecule has 0 aliphatic rings. The smallest absolute Gasteiger partial charge is 0.408 e. The van der Waals surface area contributed by atoms with Crippen molar-refractivity contribution in [2.24, 2.45) is 5.89 Å². The van der Waals surface area contributed by atoms with E-state index in [0.29, 0.717) is 0 Å². The van der Waals surface area contributed by atoms with Gasteiger partial charge in [-0.3, -0.25) is 0 Å². The first-order valence-corrected chi connectivity index (χ1v) is 4.66. The van der Waals surface area contributed by atoms with Crippen molar-refractivity contribution in [3.05, 3.63) is 0 Å². The molecule has 0 heterocycles. The van der Waals surface area contributed by atoms with Crippen molar-refractivity contribution in [3.63, 3.8) is 0 Å². The van der Waals surface area contributed by atoms with E-state index in [4.69, 9.17) is 11.2 Å². The average Bonchev–Trinajstić information content (AvgIpc) is 1.93. The van der Waals surface area contributed by atoms with E-state index in [9.17, 15) is 9.59 Å². The molecule has 15 heavy (non-hydrogen) atoms. The minimum Gasteiger partial charge on any atom is -0.480 e. The van der Waals surface area contributed by atoms with Gasteiger partial charge in [0.1, 0.15) is 11.6 Å². The van der Waals surface area contributed by atoms with Crippen LogP contribution in [0.3, 0.4) is 0 Å². The third kappa shape index (κ3) is 5.93. The summed E-state index contributed by atoms with van der Waals surface area (Å²) in [4.78, 5) is 22.2. The van der Waals surface area contributed by atoms with Crippen molar-refractivity contribution in [1.82, 2.24) is 5.32 Å². The summed E-state index contributed by atoms with van der Waals surface area (Å²) in [6.45, 7) is 7.84. The molecule has 5 nitrogen and oxygen atoms in total. The van der Waals surface area contributed by atoms with Gasteiger partial charge in [-0.15, -0.1) is 0 Å². The first kappa shape index (κ1) is 11.8. The zero-order valence-electron chi connectivity index (χ0n) is 10.7. The summed E-state index contributed by atoms with van der Waals surface area (Å²) in [5.41, 5.74) is -0.695. The van der Waals surface area contributed by atoms with E-state index in [0.717, 1.165) is 0 Å². The van der Waals surface area contributed by atoms with Crippen LogP contribution < -0.4 is 5.32 Å². The maximum Gasteiger partial charge on any atom is 0.408 e. The van der Waals surface area contributed by atoms with Crippen LogP contribution in [-0.4, -0.2) is 28.8 Å².